The highest BCUT2D eigenvalue weighted by atomic mass is 16.2. The molecule has 0 radical (unpaired) electrons. The first kappa shape index (κ1) is 21.5. The molecule has 2 heterocycles. The maximum Gasteiger partial charge on any atom is 0.316 e. The van der Waals surface area contributed by atoms with Crippen LogP contribution in [0.2, 0.25) is 0 Å². The van der Waals surface area contributed by atoms with E-state index in [9.17, 15) is 19.2 Å². The van der Waals surface area contributed by atoms with Gasteiger partial charge in [0, 0.05) is 24.3 Å². The molecule has 2 aromatic carbocycles. The molecule has 1 aliphatic rings. The fourth-order valence-corrected chi connectivity index (χ4v) is 4.26. The van der Waals surface area contributed by atoms with E-state index in [-0.39, 0.29) is 17.9 Å². The number of hydrogen-bond donors (Lipinski definition) is 3. The standard InChI is InChI=1S/C23H25N5O4/c1-2-28-18-9-8-15(12-17(18)26-22(31)23(28)32)21(30)25-16-6-3-5-14(11-16)13-27-10-4-7-19(27)20(24)29/h3,5-6,8-9,11-12,19H,2,4,7,10,13H2,1H3,(H2,24,29)(H,25,30)(H,26,31). The summed E-state index contributed by atoms with van der Waals surface area (Å²) in [5.41, 5.74) is 7.08. The number of amides is 2. The SMILES string of the molecule is CCn1c(=O)c(=O)[nH]c2cc(C(=O)Nc3cccc(CN4CCCC4C(N)=O)c3)ccc21. The van der Waals surface area contributed by atoms with Crippen LogP contribution in [0.15, 0.2) is 52.1 Å². The van der Waals surface area contributed by atoms with Gasteiger partial charge in [-0.1, -0.05) is 12.1 Å². The zero-order chi connectivity index (χ0) is 22.8. The number of carbonyl (C=O) groups is 2. The molecule has 1 atom stereocenters. The molecular formula is C23H25N5O4. The summed E-state index contributed by atoms with van der Waals surface area (Å²) in [4.78, 5) is 52.9. The van der Waals surface area contributed by atoms with Gasteiger partial charge in [-0.25, -0.2) is 0 Å². The Balaban J connectivity index is 1.54. The molecule has 0 aliphatic carbocycles. The smallest absolute Gasteiger partial charge is 0.316 e. The van der Waals surface area contributed by atoms with Gasteiger partial charge < -0.3 is 20.6 Å². The second-order valence-electron chi connectivity index (χ2n) is 7.92. The fourth-order valence-electron chi connectivity index (χ4n) is 4.26. The lowest BCUT2D eigenvalue weighted by molar-refractivity contribution is -0.122. The number of H-pyrrole nitrogens is 1. The van der Waals surface area contributed by atoms with Crippen LogP contribution in [0.1, 0.15) is 35.7 Å². The average molecular weight is 435 g/mol. The highest BCUT2D eigenvalue weighted by Gasteiger charge is 2.28. The summed E-state index contributed by atoms with van der Waals surface area (Å²) in [6, 6.07) is 12.0. The number of nitrogens with zero attached hydrogens (tertiary/aromatic N) is 2. The number of anilines is 1. The maximum absolute atomic E-state index is 12.8. The molecule has 1 unspecified atom stereocenters. The van der Waals surface area contributed by atoms with Gasteiger partial charge in [0.2, 0.25) is 5.91 Å². The predicted molar refractivity (Wildman–Crippen MR) is 122 cm³/mol. The van der Waals surface area contributed by atoms with Crippen LogP contribution in [0.25, 0.3) is 11.0 Å². The van der Waals surface area contributed by atoms with Crippen LogP contribution >= 0.6 is 0 Å². The minimum absolute atomic E-state index is 0.256. The molecule has 0 bridgehead atoms. The van der Waals surface area contributed by atoms with Crippen LogP contribution < -0.4 is 22.2 Å². The summed E-state index contributed by atoms with van der Waals surface area (Å²) < 4.78 is 1.37. The summed E-state index contributed by atoms with van der Waals surface area (Å²) in [5, 5.41) is 2.87. The van der Waals surface area contributed by atoms with Crippen molar-refractivity contribution >= 4 is 28.5 Å². The molecule has 2 amide bonds. The highest BCUT2D eigenvalue weighted by Crippen LogP contribution is 2.22. The van der Waals surface area contributed by atoms with Crippen molar-refractivity contribution < 1.29 is 9.59 Å². The maximum atomic E-state index is 12.8. The molecule has 1 fully saturated rings. The number of nitrogens with two attached hydrogens (primary N) is 1. The van der Waals surface area contributed by atoms with Crippen molar-refractivity contribution in [3.05, 3.63) is 74.3 Å². The lowest BCUT2D eigenvalue weighted by Crippen LogP contribution is -2.39. The summed E-state index contributed by atoms with van der Waals surface area (Å²) in [6.07, 6.45) is 1.70. The Morgan fingerprint density at radius 3 is 2.75 bits per heavy atom. The number of aromatic nitrogens is 2. The Labute approximate surface area is 183 Å². The molecule has 3 aromatic rings. The Morgan fingerprint density at radius 2 is 2.00 bits per heavy atom. The number of likely N-dealkylation sites (tertiary alicyclic amines) is 1. The van der Waals surface area contributed by atoms with E-state index in [4.69, 9.17) is 5.73 Å². The number of aryl methyl sites for hydroxylation is 1. The monoisotopic (exact) mass is 435 g/mol. The number of nitrogens with one attached hydrogen (secondary N) is 2. The third kappa shape index (κ3) is 4.19. The molecule has 4 N–H and O–H groups in total. The number of fused-ring (bicyclic) bond motifs is 1. The molecule has 9 nitrogen and oxygen atoms in total. The number of aromatic amines is 1. The van der Waals surface area contributed by atoms with Crippen molar-refractivity contribution in [1.82, 2.24) is 14.5 Å². The molecule has 166 valence electrons. The van der Waals surface area contributed by atoms with Gasteiger partial charge in [-0.2, -0.15) is 0 Å². The largest absolute Gasteiger partial charge is 0.368 e. The van der Waals surface area contributed by atoms with E-state index in [2.05, 4.69) is 15.2 Å². The molecule has 0 spiro atoms. The number of primary amides is 1. The van der Waals surface area contributed by atoms with Crippen molar-refractivity contribution in [2.24, 2.45) is 5.73 Å². The zero-order valence-corrected chi connectivity index (χ0v) is 17.8. The second kappa shape index (κ2) is 8.80. The molecular weight excluding hydrogens is 410 g/mol. The van der Waals surface area contributed by atoms with E-state index >= 15 is 0 Å². The first-order valence-corrected chi connectivity index (χ1v) is 10.6. The van der Waals surface area contributed by atoms with Gasteiger partial charge in [-0.3, -0.25) is 24.1 Å². The number of benzene rings is 2. The molecule has 1 aliphatic heterocycles. The van der Waals surface area contributed by atoms with Crippen LogP contribution in [0.3, 0.4) is 0 Å². The highest BCUT2D eigenvalue weighted by molar-refractivity contribution is 6.05. The zero-order valence-electron chi connectivity index (χ0n) is 17.8. The van der Waals surface area contributed by atoms with Crippen molar-refractivity contribution in [2.45, 2.75) is 38.9 Å². The van der Waals surface area contributed by atoms with Gasteiger partial charge in [0.05, 0.1) is 17.1 Å². The van der Waals surface area contributed by atoms with Crippen LogP contribution in [0, 0.1) is 0 Å². The van der Waals surface area contributed by atoms with E-state index in [1.165, 1.54) is 4.57 Å². The summed E-state index contributed by atoms with van der Waals surface area (Å²) >= 11 is 0. The Hall–Kier alpha value is -3.72. The van der Waals surface area contributed by atoms with Crippen LogP contribution in [-0.2, 0) is 17.9 Å². The summed E-state index contributed by atoms with van der Waals surface area (Å²) in [6.45, 7) is 3.51. The summed E-state index contributed by atoms with van der Waals surface area (Å²) in [7, 11) is 0. The normalized spacial score (nSPS) is 16.3. The summed E-state index contributed by atoms with van der Waals surface area (Å²) in [5.74, 6) is -0.648. The molecule has 4 rings (SSSR count). The van der Waals surface area contributed by atoms with Crippen LogP contribution in [0.4, 0.5) is 5.69 Å². The molecule has 32 heavy (non-hydrogen) atoms. The first-order valence-electron chi connectivity index (χ1n) is 10.6. The average Bonchev–Trinajstić information content (AvgIpc) is 3.23. The number of hydrogen-bond acceptors (Lipinski definition) is 5. The predicted octanol–water partition coefficient (Wildman–Crippen LogP) is 1.41. The Kier molecular flexibility index (Phi) is 5.91. The van der Waals surface area contributed by atoms with Gasteiger partial charge >= 0.3 is 11.1 Å². The van der Waals surface area contributed by atoms with Crippen molar-refractivity contribution in [3.8, 4) is 0 Å². The van der Waals surface area contributed by atoms with Gasteiger partial charge in [-0.05, 0) is 62.2 Å². The lowest BCUT2D eigenvalue weighted by Gasteiger charge is -2.22. The minimum atomic E-state index is -0.721. The van der Waals surface area contributed by atoms with E-state index < -0.39 is 11.1 Å². The first-order chi connectivity index (χ1) is 15.4. The Morgan fingerprint density at radius 1 is 1.19 bits per heavy atom. The van der Waals surface area contributed by atoms with Crippen molar-refractivity contribution in [1.29, 1.82) is 0 Å². The number of rotatable bonds is 6. The van der Waals surface area contributed by atoms with E-state index in [0.29, 0.717) is 35.4 Å². The van der Waals surface area contributed by atoms with Gasteiger partial charge in [0.25, 0.3) is 5.91 Å². The van der Waals surface area contributed by atoms with E-state index in [0.717, 1.165) is 24.9 Å². The lowest BCUT2D eigenvalue weighted by atomic mass is 10.1. The molecule has 1 saturated heterocycles. The molecule has 1 aromatic heterocycles. The van der Waals surface area contributed by atoms with Gasteiger partial charge in [0.1, 0.15) is 0 Å². The van der Waals surface area contributed by atoms with Crippen molar-refractivity contribution in [3.63, 3.8) is 0 Å². The molecule has 9 heteroatoms. The second-order valence-corrected chi connectivity index (χ2v) is 7.92. The fraction of sp³-hybridized carbons (Fsp3) is 0.304. The molecule has 0 saturated carbocycles. The van der Waals surface area contributed by atoms with Crippen LogP contribution in [-0.4, -0.2) is 38.9 Å². The van der Waals surface area contributed by atoms with Crippen molar-refractivity contribution in [2.75, 3.05) is 11.9 Å². The third-order valence-corrected chi connectivity index (χ3v) is 5.82. The minimum Gasteiger partial charge on any atom is -0.368 e. The topological polar surface area (TPSA) is 130 Å². The van der Waals surface area contributed by atoms with Gasteiger partial charge in [-0.15, -0.1) is 0 Å². The number of carbonyl (C=O) groups excluding carboxylic acids is 2. The van der Waals surface area contributed by atoms with E-state index in [1.807, 2.05) is 18.2 Å². The Bertz CT molecular complexity index is 1310. The van der Waals surface area contributed by atoms with Crippen LogP contribution in [0.5, 0.6) is 0 Å². The van der Waals surface area contributed by atoms with E-state index in [1.54, 1.807) is 31.2 Å². The third-order valence-electron chi connectivity index (χ3n) is 5.82. The quantitative estimate of drug-likeness (QED) is 0.504. The van der Waals surface area contributed by atoms with Gasteiger partial charge in [0.15, 0.2) is 0 Å².